The van der Waals surface area contributed by atoms with Gasteiger partial charge in [-0.15, -0.1) is 0 Å². The monoisotopic (exact) mass is 509 g/mol. The molecule has 38 heavy (non-hydrogen) atoms. The largest absolute Gasteiger partial charge is 0.478 e. The number of hydrogen-bond acceptors (Lipinski definition) is 3. The van der Waals surface area contributed by atoms with Gasteiger partial charge in [0.05, 0.1) is 17.0 Å². The van der Waals surface area contributed by atoms with Crippen LogP contribution in [0.3, 0.4) is 0 Å². The molecular formula is C33H39N3O2. The summed E-state index contributed by atoms with van der Waals surface area (Å²) in [7, 11) is 0. The topological polar surface area (TPSA) is 58.4 Å². The molecule has 0 bridgehead atoms. The first-order valence-corrected chi connectivity index (χ1v) is 13.7. The summed E-state index contributed by atoms with van der Waals surface area (Å²) in [5.41, 5.74) is 8.47. The van der Waals surface area contributed by atoms with Gasteiger partial charge >= 0.3 is 5.97 Å². The second kappa shape index (κ2) is 12.7. The van der Waals surface area contributed by atoms with E-state index in [0.29, 0.717) is 5.56 Å². The number of aromatic nitrogens is 2. The first kappa shape index (κ1) is 27.3. The van der Waals surface area contributed by atoms with Crippen molar-refractivity contribution >= 4 is 5.97 Å². The van der Waals surface area contributed by atoms with Gasteiger partial charge in [0.25, 0.3) is 0 Å². The van der Waals surface area contributed by atoms with Crippen LogP contribution in [0.5, 0.6) is 0 Å². The molecule has 1 aromatic heterocycles. The van der Waals surface area contributed by atoms with Crippen molar-refractivity contribution in [1.82, 2.24) is 14.5 Å². The van der Waals surface area contributed by atoms with E-state index < -0.39 is 5.97 Å². The van der Waals surface area contributed by atoms with Crippen molar-refractivity contribution in [2.75, 3.05) is 6.54 Å². The summed E-state index contributed by atoms with van der Waals surface area (Å²) < 4.78 is 2.44. The molecule has 0 unspecified atom stereocenters. The van der Waals surface area contributed by atoms with Crippen molar-refractivity contribution in [3.63, 3.8) is 0 Å². The third-order valence-electron chi connectivity index (χ3n) is 7.04. The number of aromatic carboxylic acids is 1. The van der Waals surface area contributed by atoms with Crippen LogP contribution in [-0.4, -0.2) is 32.1 Å². The van der Waals surface area contributed by atoms with Crippen LogP contribution < -0.4 is 0 Å². The lowest BCUT2D eigenvalue weighted by molar-refractivity contribution is 0.0697. The van der Waals surface area contributed by atoms with E-state index in [9.17, 15) is 9.90 Å². The van der Waals surface area contributed by atoms with Crippen molar-refractivity contribution in [2.45, 2.75) is 66.6 Å². The number of imidazole rings is 1. The van der Waals surface area contributed by atoms with E-state index in [0.717, 1.165) is 68.1 Å². The van der Waals surface area contributed by atoms with E-state index >= 15 is 0 Å². The van der Waals surface area contributed by atoms with Gasteiger partial charge in [0.1, 0.15) is 5.82 Å². The van der Waals surface area contributed by atoms with Crippen LogP contribution in [0.15, 0.2) is 72.8 Å². The van der Waals surface area contributed by atoms with Gasteiger partial charge in [-0.2, -0.15) is 0 Å². The molecule has 0 radical (unpaired) electrons. The minimum atomic E-state index is -0.895. The Hall–Kier alpha value is -3.70. The van der Waals surface area contributed by atoms with Crippen molar-refractivity contribution < 1.29 is 9.90 Å². The summed E-state index contributed by atoms with van der Waals surface area (Å²) in [6, 6.07) is 24.4. The molecule has 4 aromatic rings. The number of nitrogens with zero attached hydrogens (tertiary/aromatic N) is 3. The number of carbonyl (C=O) groups is 1. The molecule has 4 rings (SSSR count). The minimum Gasteiger partial charge on any atom is -0.478 e. The van der Waals surface area contributed by atoms with Crippen molar-refractivity contribution in [1.29, 1.82) is 0 Å². The number of rotatable bonds is 12. The average Bonchev–Trinajstić information content (AvgIpc) is 3.26. The fourth-order valence-electron chi connectivity index (χ4n) is 4.93. The molecule has 198 valence electrons. The molecule has 0 fully saturated rings. The highest BCUT2D eigenvalue weighted by Gasteiger charge is 2.22. The van der Waals surface area contributed by atoms with Crippen molar-refractivity contribution in [3.8, 4) is 22.6 Å². The van der Waals surface area contributed by atoms with E-state index in [1.807, 2.05) is 12.1 Å². The van der Waals surface area contributed by atoms with Crippen LogP contribution in [0.2, 0.25) is 0 Å². The molecular weight excluding hydrogens is 470 g/mol. The number of carboxylic acid groups (broad SMARTS) is 1. The first-order chi connectivity index (χ1) is 18.4. The van der Waals surface area contributed by atoms with Gasteiger partial charge in [0, 0.05) is 30.8 Å². The summed E-state index contributed by atoms with van der Waals surface area (Å²) in [6.45, 7) is 12.1. The van der Waals surface area contributed by atoms with Gasteiger partial charge in [0.15, 0.2) is 0 Å². The predicted octanol–water partition coefficient (Wildman–Crippen LogP) is 7.74. The lowest BCUT2D eigenvalue weighted by Crippen LogP contribution is -2.25. The van der Waals surface area contributed by atoms with Gasteiger partial charge in [-0.05, 0) is 56.5 Å². The third-order valence-corrected chi connectivity index (χ3v) is 7.04. The second-order valence-electron chi connectivity index (χ2n) is 10.1. The number of carboxylic acids is 1. The van der Waals surface area contributed by atoms with E-state index in [1.165, 1.54) is 22.4 Å². The zero-order valence-corrected chi connectivity index (χ0v) is 23.1. The Morgan fingerprint density at radius 2 is 1.61 bits per heavy atom. The maximum atomic E-state index is 11.3. The lowest BCUT2D eigenvalue weighted by atomic mass is 10.1. The molecule has 5 nitrogen and oxygen atoms in total. The lowest BCUT2D eigenvalue weighted by Gasteiger charge is -2.24. The van der Waals surface area contributed by atoms with Gasteiger partial charge in [-0.3, -0.25) is 4.90 Å². The van der Waals surface area contributed by atoms with Crippen molar-refractivity contribution in [2.24, 2.45) is 0 Å². The standard InChI is InChI=1S/C33H39N3O2/c1-5-7-21-36-30(23-35(20-6-2)22-26-14-18-28(19-15-26)33(37)38)31(27-16-12-24(3)13-17-27)34-32(36)29-11-9-8-10-25(29)4/h8-19H,5-7,20-23H2,1-4H3,(H,37,38). The van der Waals surface area contributed by atoms with E-state index in [4.69, 9.17) is 4.98 Å². The Bertz CT molecular complexity index is 1350. The molecule has 0 spiro atoms. The molecule has 0 amide bonds. The zero-order chi connectivity index (χ0) is 27.1. The normalized spacial score (nSPS) is 11.3. The van der Waals surface area contributed by atoms with Crippen LogP contribution >= 0.6 is 0 Å². The molecule has 0 aliphatic rings. The number of aryl methyl sites for hydroxylation is 2. The van der Waals surface area contributed by atoms with E-state index in [1.54, 1.807) is 12.1 Å². The zero-order valence-electron chi connectivity index (χ0n) is 23.1. The fraction of sp³-hybridized carbons (Fsp3) is 0.333. The van der Waals surface area contributed by atoms with Crippen LogP contribution in [0.1, 0.15) is 65.9 Å². The van der Waals surface area contributed by atoms with Crippen LogP contribution in [0, 0.1) is 13.8 Å². The minimum absolute atomic E-state index is 0.318. The average molecular weight is 510 g/mol. The van der Waals surface area contributed by atoms with E-state index in [2.05, 4.69) is 85.7 Å². The molecule has 3 aromatic carbocycles. The SMILES string of the molecule is CCCCn1c(-c2ccccc2C)nc(-c2ccc(C)cc2)c1CN(CCC)Cc1ccc(C(=O)O)cc1. The summed E-state index contributed by atoms with van der Waals surface area (Å²) >= 11 is 0. The fourth-order valence-corrected chi connectivity index (χ4v) is 4.93. The number of hydrogen-bond donors (Lipinski definition) is 1. The molecule has 0 saturated carbocycles. The Labute approximate surface area is 226 Å². The third kappa shape index (κ3) is 6.40. The predicted molar refractivity (Wildman–Crippen MR) is 155 cm³/mol. The smallest absolute Gasteiger partial charge is 0.335 e. The quantitative estimate of drug-likeness (QED) is 0.212. The Kier molecular flexibility index (Phi) is 9.14. The summed E-state index contributed by atoms with van der Waals surface area (Å²) in [6.07, 6.45) is 3.22. The molecule has 0 aliphatic carbocycles. The maximum Gasteiger partial charge on any atom is 0.335 e. The van der Waals surface area contributed by atoms with E-state index in [-0.39, 0.29) is 0 Å². The Balaban J connectivity index is 1.80. The van der Waals surface area contributed by atoms with Gasteiger partial charge < -0.3 is 9.67 Å². The molecule has 0 saturated heterocycles. The van der Waals surface area contributed by atoms with Gasteiger partial charge in [-0.25, -0.2) is 9.78 Å². The van der Waals surface area contributed by atoms with Gasteiger partial charge in [-0.1, -0.05) is 86.5 Å². The Morgan fingerprint density at radius 1 is 0.895 bits per heavy atom. The maximum absolute atomic E-state index is 11.3. The molecule has 0 atom stereocenters. The second-order valence-corrected chi connectivity index (χ2v) is 10.1. The summed E-state index contributed by atoms with van der Waals surface area (Å²) in [4.78, 5) is 19.1. The molecule has 1 heterocycles. The molecule has 0 aliphatic heterocycles. The van der Waals surface area contributed by atoms with Gasteiger partial charge in [0.2, 0.25) is 0 Å². The number of benzene rings is 3. The highest BCUT2D eigenvalue weighted by atomic mass is 16.4. The van der Waals surface area contributed by atoms with Crippen LogP contribution in [-0.2, 0) is 19.6 Å². The van der Waals surface area contributed by atoms with Crippen LogP contribution in [0.25, 0.3) is 22.6 Å². The summed E-state index contributed by atoms with van der Waals surface area (Å²) in [5, 5.41) is 9.29. The number of unbranched alkanes of at least 4 members (excludes halogenated alkanes) is 1. The highest BCUT2D eigenvalue weighted by Crippen LogP contribution is 2.33. The Morgan fingerprint density at radius 3 is 2.24 bits per heavy atom. The molecule has 5 heteroatoms. The summed E-state index contributed by atoms with van der Waals surface area (Å²) in [5.74, 6) is 0.137. The first-order valence-electron chi connectivity index (χ1n) is 13.7. The molecule has 1 N–H and O–H groups in total. The van der Waals surface area contributed by atoms with Crippen molar-refractivity contribution in [3.05, 3.63) is 101 Å². The highest BCUT2D eigenvalue weighted by molar-refractivity contribution is 5.87. The van der Waals surface area contributed by atoms with Crippen LogP contribution in [0.4, 0.5) is 0 Å².